The Hall–Kier alpha value is -0.330. The van der Waals surface area contributed by atoms with Gasteiger partial charge >= 0.3 is 6.18 Å². The number of aliphatic hydroxyl groups is 1. The van der Waals surface area contributed by atoms with Crippen LogP contribution in [-0.4, -0.2) is 43.2 Å². The van der Waals surface area contributed by atoms with Gasteiger partial charge in [-0.1, -0.05) is 0 Å². The van der Waals surface area contributed by atoms with Gasteiger partial charge in [-0.2, -0.15) is 13.2 Å². The number of methoxy groups -OCH3 is 1. The molecule has 0 aromatic rings. The smallest absolute Gasteiger partial charge is 0.382 e. The highest BCUT2D eigenvalue weighted by Gasteiger charge is 2.38. The van der Waals surface area contributed by atoms with Gasteiger partial charge in [0.05, 0.1) is 6.10 Å². The van der Waals surface area contributed by atoms with Crippen LogP contribution in [0.5, 0.6) is 0 Å². The predicted octanol–water partition coefficient (Wildman–Crippen LogP) is 1.07. The molecule has 2 N–H and O–H groups in total. The number of alkyl halides is 3. The fourth-order valence-corrected chi connectivity index (χ4v) is 1.73. The molecule has 0 aliphatic heterocycles. The molecule has 1 fully saturated rings. The Labute approximate surface area is 86.6 Å². The second-order valence-corrected chi connectivity index (χ2v) is 3.83. The van der Waals surface area contributed by atoms with Crippen LogP contribution >= 0.6 is 0 Å². The van der Waals surface area contributed by atoms with Crippen molar-refractivity contribution < 1.29 is 23.0 Å². The molecule has 0 aromatic carbocycles. The Morgan fingerprint density at radius 2 is 2.13 bits per heavy atom. The van der Waals surface area contributed by atoms with Crippen LogP contribution in [0.25, 0.3) is 0 Å². The van der Waals surface area contributed by atoms with Gasteiger partial charge in [0.1, 0.15) is 0 Å². The maximum atomic E-state index is 12.0. The van der Waals surface area contributed by atoms with Gasteiger partial charge in [0.15, 0.2) is 6.10 Å². The molecule has 0 aromatic heterocycles. The van der Waals surface area contributed by atoms with E-state index in [0.29, 0.717) is 6.42 Å². The minimum absolute atomic E-state index is 0.0203. The first-order valence-electron chi connectivity index (χ1n) is 4.94. The Morgan fingerprint density at radius 3 is 2.60 bits per heavy atom. The number of rotatable bonds is 4. The molecule has 0 radical (unpaired) electrons. The van der Waals surface area contributed by atoms with E-state index in [2.05, 4.69) is 5.32 Å². The first-order valence-corrected chi connectivity index (χ1v) is 4.94. The van der Waals surface area contributed by atoms with Crippen LogP contribution in [0.3, 0.4) is 0 Å². The number of halogens is 3. The van der Waals surface area contributed by atoms with Gasteiger partial charge in [0.25, 0.3) is 0 Å². The van der Waals surface area contributed by atoms with Gasteiger partial charge in [0, 0.05) is 19.7 Å². The largest absolute Gasteiger partial charge is 0.415 e. The quantitative estimate of drug-likeness (QED) is 0.754. The second-order valence-electron chi connectivity index (χ2n) is 3.83. The molecule has 1 rings (SSSR count). The van der Waals surface area contributed by atoms with Crippen LogP contribution in [0.2, 0.25) is 0 Å². The summed E-state index contributed by atoms with van der Waals surface area (Å²) >= 11 is 0. The first-order chi connectivity index (χ1) is 6.93. The standard InChI is InChI=1S/C9H16F3NO2/c1-15-7-3-2-6(4-7)13-5-8(14)9(10,11)12/h6-8,13-14H,2-5H2,1H3. The van der Waals surface area contributed by atoms with Gasteiger partial charge in [-0.3, -0.25) is 0 Å². The Balaban J connectivity index is 2.21. The summed E-state index contributed by atoms with van der Waals surface area (Å²) in [5.74, 6) is 0. The monoisotopic (exact) mass is 227 g/mol. The zero-order valence-electron chi connectivity index (χ0n) is 8.55. The molecule has 0 spiro atoms. The van der Waals surface area contributed by atoms with Crippen molar-refractivity contribution in [3.8, 4) is 0 Å². The topological polar surface area (TPSA) is 41.5 Å². The van der Waals surface area contributed by atoms with Crippen molar-refractivity contribution in [1.29, 1.82) is 0 Å². The second kappa shape index (κ2) is 5.14. The SMILES string of the molecule is COC1CCC(NCC(O)C(F)(F)F)C1. The molecule has 3 unspecified atom stereocenters. The third-order valence-corrected chi connectivity index (χ3v) is 2.70. The Kier molecular flexibility index (Phi) is 4.36. The van der Waals surface area contributed by atoms with Crippen LogP contribution in [-0.2, 0) is 4.74 Å². The normalized spacial score (nSPS) is 29.4. The van der Waals surface area contributed by atoms with E-state index in [1.807, 2.05) is 0 Å². The van der Waals surface area contributed by atoms with Gasteiger partial charge in [-0.05, 0) is 19.3 Å². The van der Waals surface area contributed by atoms with E-state index in [-0.39, 0.29) is 12.1 Å². The number of ether oxygens (including phenoxy) is 1. The lowest BCUT2D eigenvalue weighted by Gasteiger charge is -2.18. The lowest BCUT2D eigenvalue weighted by Crippen LogP contribution is -2.41. The maximum Gasteiger partial charge on any atom is 0.415 e. The zero-order chi connectivity index (χ0) is 11.5. The summed E-state index contributed by atoms with van der Waals surface area (Å²) in [6.45, 7) is -0.440. The van der Waals surface area contributed by atoms with E-state index in [1.54, 1.807) is 7.11 Å². The highest BCUT2D eigenvalue weighted by atomic mass is 19.4. The molecule has 3 atom stereocenters. The fraction of sp³-hybridized carbons (Fsp3) is 1.00. The van der Waals surface area contributed by atoms with Crippen LogP contribution in [0.4, 0.5) is 13.2 Å². The molecule has 0 bridgehead atoms. The van der Waals surface area contributed by atoms with Crippen molar-refractivity contribution in [2.24, 2.45) is 0 Å². The predicted molar refractivity (Wildman–Crippen MR) is 48.5 cm³/mol. The van der Waals surface area contributed by atoms with E-state index in [9.17, 15) is 13.2 Å². The van der Waals surface area contributed by atoms with Gasteiger partial charge in [0.2, 0.25) is 0 Å². The number of hydrogen-bond acceptors (Lipinski definition) is 3. The zero-order valence-corrected chi connectivity index (χ0v) is 8.55. The third-order valence-electron chi connectivity index (χ3n) is 2.70. The number of nitrogens with one attached hydrogen (secondary N) is 1. The van der Waals surface area contributed by atoms with E-state index in [1.165, 1.54) is 0 Å². The Morgan fingerprint density at radius 1 is 1.47 bits per heavy atom. The summed E-state index contributed by atoms with van der Waals surface area (Å²) in [6.07, 6.45) is -4.32. The molecule has 1 saturated carbocycles. The highest BCUT2D eigenvalue weighted by Crippen LogP contribution is 2.23. The minimum Gasteiger partial charge on any atom is -0.382 e. The lowest BCUT2D eigenvalue weighted by atomic mass is 10.2. The van der Waals surface area contributed by atoms with Crippen molar-refractivity contribution in [1.82, 2.24) is 5.32 Å². The molecular weight excluding hydrogens is 211 g/mol. The van der Waals surface area contributed by atoms with Crippen molar-refractivity contribution in [2.45, 2.75) is 43.7 Å². The van der Waals surface area contributed by atoms with Crippen molar-refractivity contribution in [2.75, 3.05) is 13.7 Å². The molecule has 1 aliphatic rings. The Bertz CT molecular complexity index is 198. The van der Waals surface area contributed by atoms with E-state index >= 15 is 0 Å². The summed E-state index contributed by atoms with van der Waals surface area (Å²) in [7, 11) is 1.59. The molecule has 3 nitrogen and oxygen atoms in total. The van der Waals surface area contributed by atoms with Gasteiger partial charge < -0.3 is 15.2 Å². The molecule has 0 saturated heterocycles. The molecule has 0 heterocycles. The van der Waals surface area contributed by atoms with Crippen LogP contribution in [0, 0.1) is 0 Å². The summed E-state index contributed by atoms with van der Waals surface area (Å²) in [5, 5.41) is 11.5. The minimum atomic E-state index is -4.54. The fourth-order valence-electron chi connectivity index (χ4n) is 1.73. The molecule has 0 amide bonds. The van der Waals surface area contributed by atoms with Crippen molar-refractivity contribution >= 4 is 0 Å². The van der Waals surface area contributed by atoms with Crippen LogP contribution in [0.1, 0.15) is 19.3 Å². The van der Waals surface area contributed by atoms with Crippen LogP contribution in [0.15, 0.2) is 0 Å². The van der Waals surface area contributed by atoms with E-state index in [4.69, 9.17) is 9.84 Å². The lowest BCUT2D eigenvalue weighted by molar-refractivity contribution is -0.202. The summed E-state index contributed by atoms with van der Waals surface area (Å²) in [6, 6.07) is 0.0203. The average Bonchev–Trinajstić information content (AvgIpc) is 2.60. The summed E-state index contributed by atoms with van der Waals surface area (Å²) in [5.41, 5.74) is 0. The molecular formula is C9H16F3NO2. The molecule has 90 valence electrons. The van der Waals surface area contributed by atoms with Gasteiger partial charge in [-0.25, -0.2) is 0 Å². The van der Waals surface area contributed by atoms with Crippen molar-refractivity contribution in [3.63, 3.8) is 0 Å². The molecule has 6 heteroatoms. The van der Waals surface area contributed by atoms with Crippen LogP contribution < -0.4 is 5.32 Å². The number of aliphatic hydroxyl groups excluding tert-OH is 1. The van der Waals surface area contributed by atoms with Gasteiger partial charge in [-0.15, -0.1) is 0 Å². The average molecular weight is 227 g/mol. The summed E-state index contributed by atoms with van der Waals surface area (Å²) < 4.78 is 40.9. The number of hydrogen-bond donors (Lipinski definition) is 2. The third kappa shape index (κ3) is 3.96. The molecule has 1 aliphatic carbocycles. The summed E-state index contributed by atoms with van der Waals surface area (Å²) in [4.78, 5) is 0. The van der Waals surface area contributed by atoms with E-state index < -0.39 is 18.8 Å². The van der Waals surface area contributed by atoms with E-state index in [0.717, 1.165) is 12.8 Å². The molecule has 15 heavy (non-hydrogen) atoms. The highest BCUT2D eigenvalue weighted by molar-refractivity contribution is 4.82. The first kappa shape index (κ1) is 12.7. The van der Waals surface area contributed by atoms with Crippen molar-refractivity contribution in [3.05, 3.63) is 0 Å². The maximum absolute atomic E-state index is 12.0.